The van der Waals surface area contributed by atoms with E-state index in [9.17, 15) is 4.79 Å². The van der Waals surface area contributed by atoms with Crippen LogP contribution in [0.1, 0.15) is 38.8 Å². The van der Waals surface area contributed by atoms with Gasteiger partial charge in [-0.1, -0.05) is 52.0 Å². The van der Waals surface area contributed by atoms with Gasteiger partial charge >= 0.3 is 5.97 Å². The van der Waals surface area contributed by atoms with Crippen LogP contribution < -0.4 is 9.47 Å². The first-order chi connectivity index (χ1) is 10.8. The van der Waals surface area contributed by atoms with Crippen molar-refractivity contribution in [2.24, 2.45) is 5.92 Å². The summed E-state index contributed by atoms with van der Waals surface area (Å²) in [5.74, 6) is 1.08. The Bertz CT molecular complexity index is 652. The van der Waals surface area contributed by atoms with Crippen LogP contribution in [0.5, 0.6) is 11.5 Å². The van der Waals surface area contributed by atoms with Gasteiger partial charge in [-0.25, -0.2) is 0 Å². The number of carbonyl (C=O) groups excluding carboxylic acids is 1. The van der Waals surface area contributed by atoms with Gasteiger partial charge in [-0.3, -0.25) is 4.79 Å². The molecule has 0 saturated heterocycles. The second kappa shape index (κ2) is 6.86. The Labute approximate surface area is 138 Å². The molecule has 23 heavy (non-hydrogen) atoms. The molecule has 0 aliphatic rings. The van der Waals surface area contributed by atoms with E-state index in [-0.39, 0.29) is 17.3 Å². The van der Waals surface area contributed by atoms with E-state index in [4.69, 9.17) is 9.47 Å². The quantitative estimate of drug-likeness (QED) is 0.598. The highest BCUT2D eigenvalue weighted by Gasteiger charge is 2.23. The van der Waals surface area contributed by atoms with Crippen LogP contribution in [0.25, 0.3) is 0 Å². The van der Waals surface area contributed by atoms with E-state index in [1.807, 2.05) is 50.2 Å². The maximum absolute atomic E-state index is 11.6. The molecule has 0 radical (unpaired) electrons. The lowest BCUT2D eigenvalue weighted by Gasteiger charge is -2.26. The third-order valence-electron chi connectivity index (χ3n) is 4.08. The maximum Gasteiger partial charge on any atom is 0.313 e. The molecular formula is C20H24O3. The average molecular weight is 312 g/mol. The van der Waals surface area contributed by atoms with Crippen LogP contribution in [0.15, 0.2) is 48.5 Å². The molecular weight excluding hydrogens is 288 g/mol. The van der Waals surface area contributed by atoms with Gasteiger partial charge in [0.2, 0.25) is 0 Å². The number of carbonyl (C=O) groups is 1. The van der Waals surface area contributed by atoms with Crippen molar-refractivity contribution in [1.82, 2.24) is 0 Å². The van der Waals surface area contributed by atoms with E-state index in [1.54, 1.807) is 7.11 Å². The molecule has 3 heteroatoms. The first kappa shape index (κ1) is 17.1. The van der Waals surface area contributed by atoms with Crippen LogP contribution in [0, 0.1) is 5.92 Å². The van der Waals surface area contributed by atoms with E-state index in [2.05, 4.69) is 26.0 Å². The van der Waals surface area contributed by atoms with Crippen molar-refractivity contribution in [1.29, 1.82) is 0 Å². The van der Waals surface area contributed by atoms with Gasteiger partial charge < -0.3 is 9.47 Å². The van der Waals surface area contributed by atoms with Gasteiger partial charge in [0.05, 0.1) is 13.0 Å². The molecule has 2 aromatic rings. The number of methoxy groups -OCH3 is 1. The Morgan fingerprint density at radius 3 is 1.70 bits per heavy atom. The van der Waals surface area contributed by atoms with Crippen molar-refractivity contribution in [3.05, 3.63) is 59.7 Å². The zero-order valence-corrected chi connectivity index (χ0v) is 14.4. The summed E-state index contributed by atoms with van der Waals surface area (Å²) in [7, 11) is 1.66. The van der Waals surface area contributed by atoms with Crippen molar-refractivity contribution in [3.8, 4) is 11.5 Å². The highest BCUT2D eigenvalue weighted by Crippen LogP contribution is 2.33. The number of rotatable bonds is 5. The zero-order valence-electron chi connectivity index (χ0n) is 14.4. The summed E-state index contributed by atoms with van der Waals surface area (Å²) in [6, 6.07) is 15.8. The summed E-state index contributed by atoms with van der Waals surface area (Å²) in [5.41, 5.74) is 2.21. The fourth-order valence-corrected chi connectivity index (χ4v) is 2.35. The lowest BCUT2D eigenvalue weighted by atomic mass is 9.78. The Kier molecular flexibility index (Phi) is 5.09. The summed E-state index contributed by atoms with van der Waals surface area (Å²) in [4.78, 5) is 11.6. The average Bonchev–Trinajstić information content (AvgIpc) is 2.55. The number of ether oxygens (including phenoxy) is 2. The summed E-state index contributed by atoms with van der Waals surface area (Å²) < 4.78 is 10.5. The first-order valence-corrected chi connectivity index (χ1v) is 7.81. The molecule has 0 atom stereocenters. The van der Waals surface area contributed by atoms with E-state index in [1.165, 1.54) is 5.56 Å². The van der Waals surface area contributed by atoms with Crippen molar-refractivity contribution in [2.45, 2.75) is 33.1 Å². The highest BCUT2D eigenvalue weighted by atomic mass is 16.5. The van der Waals surface area contributed by atoms with Gasteiger partial charge in [0.1, 0.15) is 11.5 Å². The fourth-order valence-electron chi connectivity index (χ4n) is 2.35. The summed E-state index contributed by atoms with van der Waals surface area (Å²) in [5, 5.41) is 0. The topological polar surface area (TPSA) is 35.5 Å². The summed E-state index contributed by atoms with van der Waals surface area (Å²) >= 11 is 0. The van der Waals surface area contributed by atoms with Crippen LogP contribution in [-0.4, -0.2) is 13.1 Å². The number of esters is 1. The van der Waals surface area contributed by atoms with E-state index in [0.717, 1.165) is 11.3 Å². The first-order valence-electron chi connectivity index (χ1n) is 7.81. The lowest BCUT2D eigenvalue weighted by molar-refractivity contribution is -0.137. The van der Waals surface area contributed by atoms with Gasteiger partial charge in [0.15, 0.2) is 0 Å². The van der Waals surface area contributed by atoms with Crippen LogP contribution in [-0.2, 0) is 10.2 Å². The van der Waals surface area contributed by atoms with E-state index in [0.29, 0.717) is 5.75 Å². The molecule has 0 amide bonds. The van der Waals surface area contributed by atoms with Gasteiger partial charge in [-0.2, -0.15) is 0 Å². The normalized spacial score (nSPS) is 11.4. The van der Waals surface area contributed by atoms with Gasteiger partial charge in [-0.15, -0.1) is 0 Å². The predicted molar refractivity (Wildman–Crippen MR) is 92.0 cm³/mol. The minimum atomic E-state index is -0.216. The third-order valence-corrected chi connectivity index (χ3v) is 4.08. The molecule has 2 aromatic carbocycles. The Balaban J connectivity index is 2.20. The molecule has 3 nitrogen and oxygen atoms in total. The van der Waals surface area contributed by atoms with Crippen LogP contribution in [0.2, 0.25) is 0 Å². The summed E-state index contributed by atoms with van der Waals surface area (Å²) in [6.07, 6.45) is 0. The monoisotopic (exact) mass is 312 g/mol. The van der Waals surface area contributed by atoms with Crippen molar-refractivity contribution in [3.63, 3.8) is 0 Å². The lowest BCUT2D eigenvalue weighted by Crippen LogP contribution is -2.19. The maximum atomic E-state index is 11.6. The van der Waals surface area contributed by atoms with Crippen molar-refractivity contribution in [2.75, 3.05) is 7.11 Å². The third kappa shape index (κ3) is 3.92. The molecule has 122 valence electrons. The highest BCUT2D eigenvalue weighted by molar-refractivity contribution is 5.74. The summed E-state index contributed by atoms with van der Waals surface area (Å²) in [6.45, 7) is 7.99. The molecule has 0 aliphatic heterocycles. The van der Waals surface area contributed by atoms with Gasteiger partial charge in [-0.05, 0) is 35.4 Å². The smallest absolute Gasteiger partial charge is 0.313 e. The standard InChI is InChI=1S/C20H24O3/c1-14(2)19(21)23-18-12-8-16(9-13-18)20(3,4)15-6-10-17(22-5)11-7-15/h6-14H,1-5H3. The van der Waals surface area contributed by atoms with Crippen molar-refractivity contribution < 1.29 is 14.3 Å². The van der Waals surface area contributed by atoms with Gasteiger partial charge in [0.25, 0.3) is 0 Å². The molecule has 0 heterocycles. The largest absolute Gasteiger partial charge is 0.497 e. The SMILES string of the molecule is COc1ccc(C(C)(C)c2ccc(OC(=O)C(C)C)cc2)cc1. The number of hydrogen-bond acceptors (Lipinski definition) is 3. The second-order valence-corrected chi connectivity index (χ2v) is 6.45. The molecule has 2 rings (SSSR count). The molecule has 0 aliphatic carbocycles. The molecule has 0 spiro atoms. The minimum absolute atomic E-state index is 0.134. The molecule has 0 fully saturated rings. The Hall–Kier alpha value is -2.29. The second-order valence-electron chi connectivity index (χ2n) is 6.45. The molecule has 0 unspecified atom stereocenters. The number of hydrogen-bond donors (Lipinski definition) is 0. The predicted octanol–water partition coefficient (Wildman–Crippen LogP) is 4.58. The fraction of sp³-hybridized carbons (Fsp3) is 0.350. The number of benzene rings is 2. The zero-order chi connectivity index (χ0) is 17.0. The molecule has 0 N–H and O–H groups in total. The van der Waals surface area contributed by atoms with E-state index < -0.39 is 0 Å². The van der Waals surface area contributed by atoms with Crippen LogP contribution in [0.3, 0.4) is 0 Å². The van der Waals surface area contributed by atoms with Crippen LogP contribution in [0.4, 0.5) is 0 Å². The van der Waals surface area contributed by atoms with E-state index >= 15 is 0 Å². The van der Waals surface area contributed by atoms with Crippen molar-refractivity contribution >= 4 is 5.97 Å². The minimum Gasteiger partial charge on any atom is -0.497 e. The molecule has 0 bridgehead atoms. The van der Waals surface area contributed by atoms with Crippen LogP contribution >= 0.6 is 0 Å². The Morgan fingerprint density at radius 1 is 0.870 bits per heavy atom. The molecule has 0 saturated carbocycles. The Morgan fingerprint density at radius 2 is 1.30 bits per heavy atom. The molecule has 0 aromatic heterocycles. The van der Waals surface area contributed by atoms with Gasteiger partial charge in [0, 0.05) is 5.41 Å².